The van der Waals surface area contributed by atoms with Crippen LogP contribution in [0.1, 0.15) is 32.1 Å². The molecule has 0 atom stereocenters. The summed E-state index contributed by atoms with van der Waals surface area (Å²) in [4.78, 5) is 11.7. The van der Waals surface area contributed by atoms with Gasteiger partial charge in [0.1, 0.15) is 5.69 Å². The standard InChI is InChI=1S/C12H16N6O2/c19-11(20)12(5-2-1-3-6-12)8-18-10(15-16-17-18)9-4-7-13-14-9/h4,7H,1-3,5-6,8H2,(H,13,14)(H,19,20). The number of aromatic amines is 1. The van der Waals surface area contributed by atoms with Crippen molar-refractivity contribution in [3.8, 4) is 11.5 Å². The van der Waals surface area contributed by atoms with E-state index in [2.05, 4.69) is 25.7 Å². The first-order chi connectivity index (χ1) is 9.71. The van der Waals surface area contributed by atoms with Gasteiger partial charge in [-0.15, -0.1) is 5.10 Å². The van der Waals surface area contributed by atoms with E-state index in [0.717, 1.165) is 19.3 Å². The first-order valence-electron chi connectivity index (χ1n) is 6.71. The smallest absolute Gasteiger partial charge is 0.311 e. The fraction of sp³-hybridized carbons (Fsp3) is 0.583. The Labute approximate surface area is 115 Å². The van der Waals surface area contributed by atoms with Crippen LogP contribution in [0, 0.1) is 5.41 Å². The molecule has 0 radical (unpaired) electrons. The Morgan fingerprint density at radius 3 is 2.85 bits per heavy atom. The van der Waals surface area contributed by atoms with E-state index >= 15 is 0 Å². The van der Waals surface area contributed by atoms with Gasteiger partial charge >= 0.3 is 5.97 Å². The molecule has 2 aromatic heterocycles. The summed E-state index contributed by atoms with van der Waals surface area (Å²) in [5.41, 5.74) is -0.0751. The largest absolute Gasteiger partial charge is 0.481 e. The average molecular weight is 276 g/mol. The number of carbonyl (C=O) groups is 1. The summed E-state index contributed by atoms with van der Waals surface area (Å²) < 4.78 is 1.56. The van der Waals surface area contributed by atoms with Crippen LogP contribution in [0.5, 0.6) is 0 Å². The summed E-state index contributed by atoms with van der Waals surface area (Å²) in [5, 5.41) is 27.8. The molecule has 106 valence electrons. The first kappa shape index (κ1) is 12.8. The molecule has 20 heavy (non-hydrogen) atoms. The number of carboxylic acid groups (broad SMARTS) is 1. The maximum atomic E-state index is 11.7. The van der Waals surface area contributed by atoms with E-state index in [0.29, 0.717) is 30.9 Å². The molecule has 2 aromatic rings. The van der Waals surface area contributed by atoms with Gasteiger partial charge in [-0.3, -0.25) is 9.89 Å². The number of nitrogens with zero attached hydrogens (tertiary/aromatic N) is 5. The topological polar surface area (TPSA) is 110 Å². The third-order valence-electron chi connectivity index (χ3n) is 3.99. The molecule has 1 aliphatic carbocycles. The van der Waals surface area contributed by atoms with Gasteiger partial charge in [0, 0.05) is 6.20 Å². The van der Waals surface area contributed by atoms with Crippen molar-refractivity contribution in [2.24, 2.45) is 5.41 Å². The number of aromatic nitrogens is 6. The van der Waals surface area contributed by atoms with Crippen LogP contribution in [-0.4, -0.2) is 41.5 Å². The van der Waals surface area contributed by atoms with Crippen molar-refractivity contribution >= 4 is 5.97 Å². The summed E-state index contributed by atoms with van der Waals surface area (Å²) in [6.45, 7) is 0.295. The maximum Gasteiger partial charge on any atom is 0.311 e. The Hall–Kier alpha value is -2.25. The highest BCUT2D eigenvalue weighted by Gasteiger charge is 2.41. The van der Waals surface area contributed by atoms with Crippen LogP contribution in [0.15, 0.2) is 12.3 Å². The Balaban J connectivity index is 1.90. The monoisotopic (exact) mass is 276 g/mol. The average Bonchev–Trinajstić information content (AvgIpc) is 3.10. The van der Waals surface area contributed by atoms with Crippen LogP contribution in [0.25, 0.3) is 11.5 Å². The van der Waals surface area contributed by atoms with Crippen LogP contribution in [0.4, 0.5) is 0 Å². The molecule has 0 unspecified atom stereocenters. The van der Waals surface area contributed by atoms with Gasteiger partial charge in [0.25, 0.3) is 0 Å². The number of hydrogen-bond acceptors (Lipinski definition) is 5. The zero-order valence-corrected chi connectivity index (χ0v) is 11.0. The second kappa shape index (κ2) is 5.03. The quantitative estimate of drug-likeness (QED) is 0.865. The van der Waals surface area contributed by atoms with Crippen molar-refractivity contribution < 1.29 is 9.90 Å². The molecule has 2 N–H and O–H groups in total. The Morgan fingerprint density at radius 1 is 1.40 bits per heavy atom. The van der Waals surface area contributed by atoms with Crippen molar-refractivity contribution in [3.63, 3.8) is 0 Å². The number of aliphatic carboxylic acids is 1. The molecule has 0 amide bonds. The van der Waals surface area contributed by atoms with Crippen molar-refractivity contribution in [1.82, 2.24) is 30.4 Å². The molecular weight excluding hydrogens is 260 g/mol. The molecule has 0 saturated heterocycles. The molecule has 8 heteroatoms. The molecule has 0 spiro atoms. The third kappa shape index (κ3) is 2.17. The van der Waals surface area contributed by atoms with E-state index in [1.54, 1.807) is 16.9 Å². The van der Waals surface area contributed by atoms with E-state index in [4.69, 9.17) is 0 Å². The van der Waals surface area contributed by atoms with Crippen LogP contribution in [-0.2, 0) is 11.3 Å². The van der Waals surface area contributed by atoms with Gasteiger partial charge in [-0.2, -0.15) is 5.10 Å². The van der Waals surface area contributed by atoms with Crippen LogP contribution >= 0.6 is 0 Å². The minimum absolute atomic E-state index is 0.295. The summed E-state index contributed by atoms with van der Waals surface area (Å²) in [6, 6.07) is 1.76. The molecule has 0 bridgehead atoms. The Morgan fingerprint density at radius 2 is 2.20 bits per heavy atom. The van der Waals surface area contributed by atoms with Gasteiger partial charge < -0.3 is 5.11 Å². The minimum atomic E-state index is -0.762. The zero-order chi connectivity index (χ0) is 14.0. The maximum absolute atomic E-state index is 11.7. The normalized spacial score (nSPS) is 18.0. The third-order valence-corrected chi connectivity index (χ3v) is 3.99. The molecular formula is C12H16N6O2. The lowest BCUT2D eigenvalue weighted by atomic mass is 9.74. The van der Waals surface area contributed by atoms with Crippen molar-refractivity contribution in [2.75, 3.05) is 0 Å². The van der Waals surface area contributed by atoms with Crippen molar-refractivity contribution in [1.29, 1.82) is 0 Å². The van der Waals surface area contributed by atoms with Crippen molar-refractivity contribution in [2.45, 2.75) is 38.6 Å². The fourth-order valence-electron chi connectivity index (χ4n) is 2.84. The highest BCUT2D eigenvalue weighted by atomic mass is 16.4. The van der Waals surface area contributed by atoms with Gasteiger partial charge in [-0.05, 0) is 29.3 Å². The first-order valence-corrected chi connectivity index (χ1v) is 6.71. The second-order valence-electron chi connectivity index (χ2n) is 5.28. The van der Waals surface area contributed by atoms with E-state index in [-0.39, 0.29) is 0 Å². The number of H-pyrrole nitrogens is 1. The molecule has 1 fully saturated rings. The summed E-state index contributed by atoms with van der Waals surface area (Å²) in [7, 11) is 0. The minimum Gasteiger partial charge on any atom is -0.481 e. The molecule has 0 aromatic carbocycles. The number of rotatable bonds is 4. The second-order valence-corrected chi connectivity index (χ2v) is 5.28. The zero-order valence-electron chi connectivity index (χ0n) is 11.0. The summed E-state index contributed by atoms with van der Waals surface area (Å²) in [5.74, 6) is -0.239. The summed E-state index contributed by atoms with van der Waals surface area (Å²) >= 11 is 0. The van der Waals surface area contributed by atoms with Gasteiger partial charge in [0.2, 0.25) is 0 Å². The van der Waals surface area contributed by atoms with E-state index < -0.39 is 11.4 Å². The SMILES string of the molecule is O=C(O)C1(Cn2nnnc2-c2ccn[nH]2)CCCCC1. The van der Waals surface area contributed by atoms with Crippen LogP contribution in [0.3, 0.4) is 0 Å². The Bertz CT molecular complexity index is 585. The highest BCUT2D eigenvalue weighted by molar-refractivity contribution is 5.74. The van der Waals surface area contributed by atoms with E-state index in [1.807, 2.05) is 0 Å². The molecule has 2 heterocycles. The molecule has 0 aliphatic heterocycles. The van der Waals surface area contributed by atoms with E-state index in [9.17, 15) is 9.90 Å². The lowest BCUT2D eigenvalue weighted by Crippen LogP contribution is -2.38. The van der Waals surface area contributed by atoms with Gasteiger partial charge in [-0.1, -0.05) is 19.3 Å². The lowest BCUT2D eigenvalue weighted by Gasteiger charge is -2.32. The number of hydrogen-bond donors (Lipinski definition) is 2. The highest BCUT2D eigenvalue weighted by Crippen LogP contribution is 2.38. The molecule has 1 saturated carbocycles. The number of nitrogens with one attached hydrogen (secondary N) is 1. The molecule has 1 aliphatic rings. The molecule has 3 rings (SSSR count). The number of carboxylic acids is 1. The van der Waals surface area contributed by atoms with E-state index in [1.165, 1.54) is 0 Å². The molecule has 8 nitrogen and oxygen atoms in total. The van der Waals surface area contributed by atoms with Gasteiger partial charge in [-0.25, -0.2) is 4.68 Å². The summed E-state index contributed by atoms with van der Waals surface area (Å²) in [6.07, 6.45) is 5.93. The Kier molecular flexibility index (Phi) is 3.21. The van der Waals surface area contributed by atoms with Crippen LogP contribution in [0.2, 0.25) is 0 Å². The fourth-order valence-corrected chi connectivity index (χ4v) is 2.84. The van der Waals surface area contributed by atoms with Gasteiger partial charge in [0.15, 0.2) is 5.82 Å². The predicted molar refractivity (Wildman–Crippen MR) is 68.6 cm³/mol. The lowest BCUT2D eigenvalue weighted by molar-refractivity contribution is -0.152. The van der Waals surface area contributed by atoms with Crippen LogP contribution < -0.4 is 0 Å². The number of tetrazole rings is 1. The predicted octanol–water partition coefficient (Wildman–Crippen LogP) is 1.10. The van der Waals surface area contributed by atoms with Gasteiger partial charge in [0.05, 0.1) is 12.0 Å². The van der Waals surface area contributed by atoms with Crippen molar-refractivity contribution in [3.05, 3.63) is 12.3 Å².